The number of anilines is 2. The van der Waals surface area contributed by atoms with Gasteiger partial charge in [-0.3, -0.25) is 9.88 Å². The number of nitrogens with two attached hydrogens (primary N) is 1. The van der Waals surface area contributed by atoms with Gasteiger partial charge in [0.2, 0.25) is 11.8 Å². The number of ether oxygens (including phenoxy) is 4. The van der Waals surface area contributed by atoms with Crippen molar-refractivity contribution in [2.24, 2.45) is 10.7 Å². The molecule has 3 aromatic heterocycles. The van der Waals surface area contributed by atoms with E-state index in [1.54, 1.807) is 31.6 Å². The topological polar surface area (TPSA) is 192 Å². The van der Waals surface area contributed by atoms with E-state index in [1.165, 1.54) is 7.05 Å². The standard InChI is InChI=1S/C35H49N11O6/c1-24(30(20-36)33(37-2)46(47)48)51-27-18-29-31(38-21-27)19-32(45-13-15-49-16-14-45)42-34(29)52-26-6-4-25(5-7-26)41-35-39-22-28(23-40-35)50-17-12-44-10-8-43(3)9-11-44/h18-26H,4-17,36H2,1-3H3,(H,39,40,41)/b30-20-,37-33?. The van der Waals surface area contributed by atoms with Crippen LogP contribution in [-0.2, 0) is 4.74 Å². The summed E-state index contributed by atoms with van der Waals surface area (Å²) >= 11 is 0. The van der Waals surface area contributed by atoms with Crippen molar-refractivity contribution in [2.75, 3.05) is 89.9 Å². The fraction of sp³-hybridized carbons (Fsp3) is 0.571. The van der Waals surface area contributed by atoms with Crippen LogP contribution in [0.4, 0.5) is 11.8 Å². The van der Waals surface area contributed by atoms with Crippen LogP contribution in [-0.4, -0.2) is 138 Å². The first-order valence-corrected chi connectivity index (χ1v) is 17.9. The minimum absolute atomic E-state index is 0.0654. The first-order valence-electron chi connectivity index (χ1n) is 17.9. The molecular formula is C35H49N11O6. The van der Waals surface area contributed by atoms with Crippen LogP contribution in [0, 0.1) is 10.1 Å². The van der Waals surface area contributed by atoms with Crippen molar-refractivity contribution in [1.82, 2.24) is 29.7 Å². The average molecular weight is 720 g/mol. The predicted molar refractivity (Wildman–Crippen MR) is 197 cm³/mol. The lowest BCUT2D eigenvalue weighted by atomic mass is 9.93. The zero-order chi connectivity index (χ0) is 36.5. The van der Waals surface area contributed by atoms with Crippen molar-refractivity contribution in [3.63, 3.8) is 0 Å². The van der Waals surface area contributed by atoms with Crippen molar-refractivity contribution in [2.45, 2.75) is 50.9 Å². The molecular weight excluding hydrogens is 670 g/mol. The van der Waals surface area contributed by atoms with Crippen LogP contribution < -0.4 is 30.2 Å². The second-order valence-corrected chi connectivity index (χ2v) is 13.3. The number of nitrogens with zero attached hydrogens (tertiary/aromatic N) is 9. The molecule has 0 aromatic carbocycles. The first-order chi connectivity index (χ1) is 25.3. The van der Waals surface area contributed by atoms with Crippen molar-refractivity contribution in [3.8, 4) is 17.4 Å². The molecule has 0 radical (unpaired) electrons. The lowest BCUT2D eigenvalue weighted by Crippen LogP contribution is -2.45. The number of morpholine rings is 1. The van der Waals surface area contributed by atoms with E-state index in [1.807, 2.05) is 6.07 Å². The van der Waals surface area contributed by atoms with Gasteiger partial charge in [0.15, 0.2) is 5.75 Å². The number of fused-ring (bicyclic) bond motifs is 1. The molecule has 6 rings (SSSR count). The van der Waals surface area contributed by atoms with Gasteiger partial charge in [-0.05, 0) is 50.6 Å². The number of piperazine rings is 1. The van der Waals surface area contributed by atoms with Gasteiger partial charge >= 0.3 is 5.84 Å². The van der Waals surface area contributed by atoms with Crippen LogP contribution >= 0.6 is 0 Å². The number of pyridine rings is 2. The lowest BCUT2D eigenvalue weighted by molar-refractivity contribution is -0.349. The molecule has 17 nitrogen and oxygen atoms in total. The van der Waals surface area contributed by atoms with E-state index in [0.717, 1.165) is 70.4 Å². The molecule has 2 saturated heterocycles. The second-order valence-electron chi connectivity index (χ2n) is 13.3. The van der Waals surface area contributed by atoms with Gasteiger partial charge in [-0.1, -0.05) is 4.99 Å². The van der Waals surface area contributed by atoms with Gasteiger partial charge in [0.05, 0.1) is 42.7 Å². The third-order valence-electron chi connectivity index (χ3n) is 9.70. The highest BCUT2D eigenvalue weighted by Gasteiger charge is 2.27. The Kier molecular flexibility index (Phi) is 12.5. The maximum Gasteiger partial charge on any atom is 0.366 e. The van der Waals surface area contributed by atoms with E-state index >= 15 is 0 Å². The fourth-order valence-corrected chi connectivity index (χ4v) is 6.64. The number of rotatable bonds is 13. The molecule has 1 saturated carbocycles. The summed E-state index contributed by atoms with van der Waals surface area (Å²) in [5.74, 6) is 2.51. The number of likely N-dealkylation sites (N-methyl/N-ethyl adjacent to an activating group) is 1. The van der Waals surface area contributed by atoms with Crippen LogP contribution in [0.3, 0.4) is 0 Å². The number of hydrogen-bond donors (Lipinski definition) is 2. The van der Waals surface area contributed by atoms with Gasteiger partial charge in [0.25, 0.3) is 0 Å². The number of aliphatic imine (C=N–C) groups is 1. The summed E-state index contributed by atoms with van der Waals surface area (Å²) in [6.07, 6.45) is 8.71. The minimum Gasteiger partial charge on any atom is -0.489 e. The van der Waals surface area contributed by atoms with Crippen molar-refractivity contribution in [1.29, 1.82) is 0 Å². The molecule has 3 aliphatic rings. The normalized spacial score (nSPS) is 21.5. The average Bonchev–Trinajstić information content (AvgIpc) is 3.16. The molecule has 280 valence electrons. The van der Waals surface area contributed by atoms with E-state index < -0.39 is 11.0 Å². The van der Waals surface area contributed by atoms with E-state index in [-0.39, 0.29) is 23.6 Å². The first kappa shape index (κ1) is 36.9. The number of aromatic nitrogens is 4. The van der Waals surface area contributed by atoms with Crippen molar-refractivity contribution < 1.29 is 23.9 Å². The molecule has 1 atom stereocenters. The molecule has 0 bridgehead atoms. The minimum atomic E-state index is -0.763. The molecule has 52 heavy (non-hydrogen) atoms. The summed E-state index contributed by atoms with van der Waals surface area (Å²) in [4.78, 5) is 40.3. The molecule has 1 aliphatic carbocycles. The molecule has 2 aliphatic heterocycles. The molecule has 1 unspecified atom stereocenters. The Morgan fingerprint density at radius 3 is 2.46 bits per heavy atom. The van der Waals surface area contributed by atoms with Crippen molar-refractivity contribution >= 4 is 28.5 Å². The molecule has 3 aromatic rings. The van der Waals surface area contributed by atoms with E-state index in [4.69, 9.17) is 29.7 Å². The van der Waals surface area contributed by atoms with E-state index in [0.29, 0.717) is 67.1 Å². The van der Waals surface area contributed by atoms with Crippen LogP contribution in [0.1, 0.15) is 32.6 Å². The second kappa shape index (κ2) is 17.6. The summed E-state index contributed by atoms with van der Waals surface area (Å²) < 4.78 is 24.2. The van der Waals surface area contributed by atoms with Gasteiger partial charge in [-0.25, -0.2) is 9.97 Å². The number of nitro groups is 1. The third kappa shape index (κ3) is 9.51. The largest absolute Gasteiger partial charge is 0.489 e. The van der Waals surface area contributed by atoms with Gasteiger partial charge in [-0.15, -0.1) is 0 Å². The van der Waals surface area contributed by atoms with Crippen LogP contribution in [0.25, 0.3) is 10.9 Å². The number of amidine groups is 1. The zero-order valence-corrected chi connectivity index (χ0v) is 30.1. The SMILES string of the molecule is CN=C(/C(=C\N)C(C)Oc1cnc2cc(N3CCOCC3)nc(OC3CCC(Nc4ncc(OCCN5CCN(C)CC5)cn4)CC3)c2c1)[N+](=O)[O-]. The molecule has 0 spiro atoms. The van der Waals surface area contributed by atoms with Crippen LogP contribution in [0.5, 0.6) is 17.4 Å². The monoisotopic (exact) mass is 719 g/mol. The maximum absolute atomic E-state index is 11.5. The van der Waals surface area contributed by atoms with Gasteiger partial charge < -0.3 is 49.9 Å². The smallest absolute Gasteiger partial charge is 0.366 e. The predicted octanol–water partition coefficient (Wildman–Crippen LogP) is 2.60. The number of nitrogens with one attached hydrogen (secondary N) is 1. The van der Waals surface area contributed by atoms with E-state index in [9.17, 15) is 10.1 Å². The quantitative estimate of drug-likeness (QED) is 0.113. The Hall–Kier alpha value is -4.87. The maximum atomic E-state index is 11.5. The molecule has 5 heterocycles. The Labute approximate surface area is 303 Å². The molecule has 0 amide bonds. The zero-order valence-electron chi connectivity index (χ0n) is 30.1. The summed E-state index contributed by atoms with van der Waals surface area (Å²) in [7, 11) is 3.50. The summed E-state index contributed by atoms with van der Waals surface area (Å²) in [6.45, 7) is 10.1. The van der Waals surface area contributed by atoms with Crippen LogP contribution in [0.2, 0.25) is 0 Å². The molecule has 3 N–H and O–H groups in total. The highest BCUT2D eigenvalue weighted by molar-refractivity contribution is 5.92. The Morgan fingerprint density at radius 1 is 1.08 bits per heavy atom. The third-order valence-corrected chi connectivity index (χ3v) is 9.70. The van der Waals surface area contributed by atoms with Gasteiger partial charge in [0, 0.05) is 64.1 Å². The van der Waals surface area contributed by atoms with Gasteiger partial charge in [0.1, 0.15) is 43.0 Å². The Balaban J connectivity index is 1.08. The van der Waals surface area contributed by atoms with Gasteiger partial charge in [-0.2, -0.15) is 4.98 Å². The van der Waals surface area contributed by atoms with Crippen molar-refractivity contribution in [3.05, 3.63) is 52.6 Å². The van der Waals surface area contributed by atoms with Crippen LogP contribution in [0.15, 0.2) is 47.5 Å². The summed E-state index contributed by atoms with van der Waals surface area (Å²) in [5, 5.41) is 15.7. The fourth-order valence-electron chi connectivity index (χ4n) is 6.64. The summed E-state index contributed by atoms with van der Waals surface area (Å²) in [5.41, 5.74) is 6.59. The molecule has 17 heteroatoms. The summed E-state index contributed by atoms with van der Waals surface area (Å²) in [6, 6.07) is 3.94. The molecule has 3 fully saturated rings. The number of hydrogen-bond acceptors (Lipinski definition) is 16. The Morgan fingerprint density at radius 2 is 1.79 bits per heavy atom. The highest BCUT2D eigenvalue weighted by Crippen LogP contribution is 2.34. The Bertz CT molecular complexity index is 1700. The lowest BCUT2D eigenvalue weighted by Gasteiger charge is -2.32. The van der Waals surface area contributed by atoms with E-state index in [2.05, 4.69) is 47.0 Å². The highest BCUT2D eigenvalue weighted by atomic mass is 16.6.